The van der Waals surface area contributed by atoms with Crippen molar-refractivity contribution in [2.45, 2.75) is 6.92 Å². The molecule has 0 aliphatic rings. The summed E-state index contributed by atoms with van der Waals surface area (Å²) in [5.41, 5.74) is 3.22. The van der Waals surface area contributed by atoms with Gasteiger partial charge < -0.3 is 19.2 Å². The molecule has 3 aromatic carbocycles. The predicted molar refractivity (Wildman–Crippen MR) is 148 cm³/mol. The van der Waals surface area contributed by atoms with Crippen LogP contribution in [0, 0.1) is 6.92 Å². The van der Waals surface area contributed by atoms with Crippen LogP contribution in [0.5, 0.6) is 5.75 Å². The number of furan rings is 1. The summed E-state index contributed by atoms with van der Waals surface area (Å²) in [6.07, 6.45) is 0. The van der Waals surface area contributed by atoms with Gasteiger partial charge in [-0.05, 0) is 37.3 Å². The molecule has 0 fully saturated rings. The molecular formula is C28H20ClN3O5S. The molecule has 6 rings (SSSR count). The lowest BCUT2D eigenvalue weighted by molar-refractivity contribution is -0.119. The molecule has 0 unspecified atom stereocenters. The quantitative estimate of drug-likeness (QED) is 0.232. The van der Waals surface area contributed by atoms with Crippen LogP contribution in [0.2, 0.25) is 5.02 Å². The van der Waals surface area contributed by atoms with Gasteiger partial charge in [0.05, 0.1) is 29.2 Å². The Labute approximate surface area is 225 Å². The number of rotatable bonds is 6. The molecule has 0 aliphatic heterocycles. The number of carbonyl (C=O) groups excluding carboxylic acids is 2. The van der Waals surface area contributed by atoms with Gasteiger partial charge >= 0.3 is 5.97 Å². The number of carbonyl (C=O) groups is 2. The van der Waals surface area contributed by atoms with Gasteiger partial charge in [0.1, 0.15) is 26.6 Å². The molecule has 0 saturated carbocycles. The second-order valence-electron chi connectivity index (χ2n) is 8.55. The van der Waals surface area contributed by atoms with E-state index in [9.17, 15) is 9.59 Å². The van der Waals surface area contributed by atoms with Crippen molar-refractivity contribution in [3.63, 3.8) is 0 Å². The van der Waals surface area contributed by atoms with Gasteiger partial charge in [0.15, 0.2) is 6.61 Å². The number of para-hydroxylation sites is 2. The summed E-state index contributed by atoms with van der Waals surface area (Å²) < 4.78 is 18.4. The highest BCUT2D eigenvalue weighted by Crippen LogP contribution is 2.36. The van der Waals surface area contributed by atoms with Crippen LogP contribution in [0.15, 0.2) is 71.1 Å². The number of thiophene rings is 1. The number of hydrogen-bond donors (Lipinski definition) is 1. The van der Waals surface area contributed by atoms with Gasteiger partial charge in [-0.25, -0.2) is 9.48 Å². The topological polar surface area (TPSA) is 95.6 Å². The summed E-state index contributed by atoms with van der Waals surface area (Å²) in [5.74, 6) is -0.648. The normalized spacial score (nSPS) is 11.3. The van der Waals surface area contributed by atoms with Crippen molar-refractivity contribution in [2.75, 3.05) is 19.0 Å². The lowest BCUT2D eigenvalue weighted by atomic mass is 10.1. The van der Waals surface area contributed by atoms with E-state index in [1.54, 1.807) is 22.9 Å². The standard InChI is InChI=1S/C28H20ClN3O5S/c1-15-17-12-25(38-27(17)32(31-15)21-9-5-4-8-19(21)29)28(34)36-14-26(33)30-20-13-23-18(11-24(20)35-2)16-7-3-6-10-22(16)37-23/h3-13H,14H2,1-2H3,(H,30,33). The second-order valence-corrected chi connectivity index (χ2v) is 9.99. The van der Waals surface area contributed by atoms with Gasteiger partial charge in [0, 0.05) is 22.2 Å². The molecule has 0 bridgehead atoms. The number of anilines is 1. The van der Waals surface area contributed by atoms with Crippen LogP contribution in [0.3, 0.4) is 0 Å². The van der Waals surface area contributed by atoms with Crippen LogP contribution in [0.1, 0.15) is 15.4 Å². The molecule has 190 valence electrons. The van der Waals surface area contributed by atoms with E-state index >= 15 is 0 Å². The molecular weight excluding hydrogens is 526 g/mol. The van der Waals surface area contributed by atoms with E-state index in [2.05, 4.69) is 10.4 Å². The number of aryl methyl sites for hydroxylation is 1. The van der Waals surface area contributed by atoms with Gasteiger partial charge in [-0.3, -0.25) is 4.79 Å². The molecule has 6 aromatic rings. The fraction of sp³-hybridized carbons (Fsp3) is 0.107. The molecule has 3 heterocycles. The third-order valence-corrected chi connectivity index (χ3v) is 7.54. The fourth-order valence-corrected chi connectivity index (χ4v) is 5.63. The number of aromatic nitrogens is 2. The molecule has 0 spiro atoms. The number of fused-ring (bicyclic) bond motifs is 4. The van der Waals surface area contributed by atoms with Crippen LogP contribution in [-0.4, -0.2) is 35.4 Å². The van der Waals surface area contributed by atoms with Crippen molar-refractivity contribution < 1.29 is 23.5 Å². The van der Waals surface area contributed by atoms with Gasteiger partial charge in [0.2, 0.25) is 0 Å². The molecule has 38 heavy (non-hydrogen) atoms. The number of halogens is 1. The number of hydrogen-bond acceptors (Lipinski definition) is 7. The van der Waals surface area contributed by atoms with Crippen molar-refractivity contribution in [1.29, 1.82) is 0 Å². The number of benzene rings is 3. The summed E-state index contributed by atoms with van der Waals surface area (Å²) in [7, 11) is 1.52. The minimum absolute atomic E-state index is 0.357. The van der Waals surface area contributed by atoms with E-state index in [0.29, 0.717) is 32.6 Å². The average Bonchev–Trinajstić information content (AvgIpc) is 3.60. The molecule has 3 aromatic heterocycles. The van der Waals surface area contributed by atoms with Crippen LogP contribution >= 0.6 is 22.9 Å². The molecule has 0 radical (unpaired) electrons. The van der Waals surface area contributed by atoms with E-state index in [-0.39, 0.29) is 0 Å². The second kappa shape index (κ2) is 9.51. The fourth-order valence-electron chi connectivity index (χ4n) is 4.34. The highest BCUT2D eigenvalue weighted by molar-refractivity contribution is 7.20. The zero-order valence-electron chi connectivity index (χ0n) is 20.3. The Morgan fingerprint density at radius 2 is 1.82 bits per heavy atom. The first-order chi connectivity index (χ1) is 18.4. The largest absolute Gasteiger partial charge is 0.495 e. The zero-order valence-corrected chi connectivity index (χ0v) is 21.9. The maximum atomic E-state index is 12.8. The summed E-state index contributed by atoms with van der Waals surface area (Å²) in [5, 5.41) is 10.5. The highest BCUT2D eigenvalue weighted by Gasteiger charge is 2.20. The van der Waals surface area contributed by atoms with Gasteiger partial charge in [-0.2, -0.15) is 5.10 Å². The van der Waals surface area contributed by atoms with Crippen molar-refractivity contribution in [2.24, 2.45) is 0 Å². The Kier molecular flexibility index (Phi) is 6.01. The van der Waals surface area contributed by atoms with Gasteiger partial charge in [-0.1, -0.05) is 41.9 Å². The van der Waals surface area contributed by atoms with E-state index < -0.39 is 18.5 Å². The van der Waals surface area contributed by atoms with E-state index in [1.807, 2.05) is 55.5 Å². The Hall–Kier alpha value is -4.34. The van der Waals surface area contributed by atoms with Crippen LogP contribution < -0.4 is 10.1 Å². The van der Waals surface area contributed by atoms with Crippen LogP contribution in [0.25, 0.3) is 37.8 Å². The maximum Gasteiger partial charge on any atom is 0.348 e. The van der Waals surface area contributed by atoms with Crippen molar-refractivity contribution >= 4 is 72.7 Å². The molecule has 0 atom stereocenters. The first kappa shape index (κ1) is 24.0. The zero-order chi connectivity index (χ0) is 26.4. The molecule has 1 N–H and O–H groups in total. The highest BCUT2D eigenvalue weighted by atomic mass is 35.5. The summed E-state index contributed by atoms with van der Waals surface area (Å²) >= 11 is 7.58. The summed E-state index contributed by atoms with van der Waals surface area (Å²) in [6.45, 7) is 1.39. The smallest absolute Gasteiger partial charge is 0.348 e. The lowest BCUT2D eigenvalue weighted by Crippen LogP contribution is -2.21. The number of nitrogens with zero attached hydrogens (tertiary/aromatic N) is 2. The molecule has 0 saturated heterocycles. The molecule has 0 aliphatic carbocycles. The number of amides is 1. The van der Waals surface area contributed by atoms with Crippen molar-refractivity contribution in [3.8, 4) is 11.4 Å². The van der Waals surface area contributed by atoms with E-state index in [0.717, 1.165) is 32.3 Å². The third kappa shape index (κ3) is 4.15. The minimum Gasteiger partial charge on any atom is -0.495 e. The molecule has 1 amide bonds. The van der Waals surface area contributed by atoms with Crippen LogP contribution in [-0.2, 0) is 9.53 Å². The average molecular weight is 546 g/mol. The minimum atomic E-state index is -0.605. The lowest BCUT2D eigenvalue weighted by Gasteiger charge is -2.10. The monoisotopic (exact) mass is 545 g/mol. The number of nitrogens with one attached hydrogen (secondary N) is 1. The van der Waals surface area contributed by atoms with Crippen molar-refractivity contribution in [3.05, 3.63) is 82.3 Å². The van der Waals surface area contributed by atoms with Gasteiger partial charge in [-0.15, -0.1) is 11.3 Å². The number of ether oxygens (including phenoxy) is 2. The molecule has 8 nitrogen and oxygen atoms in total. The predicted octanol–water partition coefficient (Wildman–Crippen LogP) is 6.75. The summed E-state index contributed by atoms with van der Waals surface area (Å²) in [6, 6.07) is 20.2. The van der Waals surface area contributed by atoms with E-state index in [4.69, 9.17) is 25.5 Å². The van der Waals surface area contributed by atoms with E-state index in [1.165, 1.54) is 18.4 Å². The SMILES string of the molecule is COc1cc2c(cc1NC(=O)COC(=O)c1cc3c(C)nn(-c4ccccc4Cl)c3s1)oc1ccccc12. The number of esters is 1. The first-order valence-electron chi connectivity index (χ1n) is 11.6. The number of methoxy groups -OCH3 is 1. The third-order valence-electron chi connectivity index (χ3n) is 6.13. The van der Waals surface area contributed by atoms with Crippen molar-refractivity contribution in [1.82, 2.24) is 9.78 Å². The Bertz CT molecular complexity index is 1870. The molecule has 10 heteroatoms. The van der Waals surface area contributed by atoms with Gasteiger partial charge in [0.25, 0.3) is 5.91 Å². The summed E-state index contributed by atoms with van der Waals surface area (Å²) in [4.78, 5) is 26.6. The maximum absolute atomic E-state index is 12.8. The Balaban J connectivity index is 1.19. The Morgan fingerprint density at radius 3 is 2.63 bits per heavy atom. The van der Waals surface area contributed by atoms with Crippen LogP contribution in [0.4, 0.5) is 5.69 Å². The first-order valence-corrected chi connectivity index (χ1v) is 12.8. The Morgan fingerprint density at radius 1 is 1.03 bits per heavy atom.